The zero-order valence-corrected chi connectivity index (χ0v) is 17.3. The number of benzene rings is 3. The Morgan fingerprint density at radius 3 is 1.93 bits per heavy atom. The van der Waals surface area contributed by atoms with E-state index in [-0.39, 0.29) is 6.54 Å². The van der Waals surface area contributed by atoms with Crippen molar-refractivity contribution in [2.45, 2.75) is 19.6 Å². The maximum absolute atomic E-state index is 12.4. The number of aryl methyl sites for hydroxylation is 1. The Kier molecular flexibility index (Phi) is 5.06. The van der Waals surface area contributed by atoms with Crippen LogP contribution < -0.4 is 4.31 Å². The van der Waals surface area contributed by atoms with E-state index in [9.17, 15) is 13.5 Å². The summed E-state index contributed by atoms with van der Waals surface area (Å²) in [5, 5.41) is 13.1. The van der Waals surface area contributed by atoms with Crippen LogP contribution in [0, 0.1) is 6.92 Å². The molecule has 6 heteroatoms. The fourth-order valence-electron chi connectivity index (χ4n) is 3.80. The van der Waals surface area contributed by atoms with Crippen molar-refractivity contribution in [1.82, 2.24) is 4.57 Å². The lowest BCUT2D eigenvalue weighted by Gasteiger charge is -2.26. The highest BCUT2D eigenvalue weighted by Crippen LogP contribution is 2.29. The maximum Gasteiger partial charge on any atom is 0.232 e. The van der Waals surface area contributed by atoms with E-state index in [2.05, 4.69) is 16.7 Å². The van der Waals surface area contributed by atoms with Crippen LogP contribution in [0.25, 0.3) is 21.8 Å². The standard InChI is InChI=1S/C23H24N2O3S/c1-17-11-13-18(14-12-17)25(29(2,27)28)16-19(26)15-24-22-9-5-3-7-20(22)21-8-4-6-10-23(21)24/h3-14,19,26H,15-16H2,1-2H3/t19-/m0/s1. The second-order valence-electron chi connectivity index (χ2n) is 7.43. The van der Waals surface area contributed by atoms with E-state index in [4.69, 9.17) is 0 Å². The Bertz CT molecular complexity index is 1210. The van der Waals surface area contributed by atoms with Gasteiger partial charge in [-0.15, -0.1) is 0 Å². The lowest BCUT2D eigenvalue weighted by molar-refractivity contribution is 0.166. The first-order valence-corrected chi connectivity index (χ1v) is 11.4. The number of rotatable bonds is 6. The summed E-state index contributed by atoms with van der Waals surface area (Å²) in [5.74, 6) is 0. The van der Waals surface area contributed by atoms with Gasteiger partial charge in [0.1, 0.15) is 0 Å². The minimum absolute atomic E-state index is 0.0112. The number of aliphatic hydroxyl groups is 1. The highest BCUT2D eigenvalue weighted by atomic mass is 32.2. The summed E-state index contributed by atoms with van der Waals surface area (Å²) < 4.78 is 28.1. The molecule has 0 saturated carbocycles. The van der Waals surface area contributed by atoms with Crippen LogP contribution in [-0.4, -0.2) is 37.0 Å². The number of hydrogen-bond acceptors (Lipinski definition) is 3. The van der Waals surface area contributed by atoms with E-state index in [1.807, 2.05) is 55.5 Å². The summed E-state index contributed by atoms with van der Waals surface area (Å²) in [6, 6.07) is 23.4. The second kappa shape index (κ2) is 7.54. The van der Waals surface area contributed by atoms with Crippen molar-refractivity contribution < 1.29 is 13.5 Å². The quantitative estimate of drug-likeness (QED) is 0.526. The molecule has 0 spiro atoms. The third-order valence-electron chi connectivity index (χ3n) is 5.17. The van der Waals surface area contributed by atoms with E-state index >= 15 is 0 Å². The van der Waals surface area contributed by atoms with Crippen molar-refractivity contribution in [3.8, 4) is 0 Å². The van der Waals surface area contributed by atoms with Gasteiger partial charge in [-0.25, -0.2) is 8.42 Å². The molecule has 5 nitrogen and oxygen atoms in total. The first-order valence-electron chi connectivity index (χ1n) is 9.53. The molecular formula is C23H24N2O3S. The van der Waals surface area contributed by atoms with Crippen LogP contribution >= 0.6 is 0 Å². The molecule has 29 heavy (non-hydrogen) atoms. The third kappa shape index (κ3) is 3.86. The van der Waals surface area contributed by atoms with E-state index in [1.54, 1.807) is 12.1 Å². The molecule has 0 radical (unpaired) electrons. The highest BCUT2D eigenvalue weighted by molar-refractivity contribution is 7.92. The third-order valence-corrected chi connectivity index (χ3v) is 6.33. The Morgan fingerprint density at radius 1 is 0.897 bits per heavy atom. The zero-order valence-electron chi connectivity index (χ0n) is 16.5. The van der Waals surface area contributed by atoms with Gasteiger partial charge in [-0.3, -0.25) is 4.31 Å². The predicted octanol–water partition coefficient (Wildman–Crippen LogP) is 3.93. The number of sulfonamides is 1. The Hall–Kier alpha value is -2.83. The van der Waals surface area contributed by atoms with Crippen molar-refractivity contribution in [3.05, 3.63) is 78.4 Å². The summed E-state index contributed by atoms with van der Waals surface area (Å²) in [6.07, 6.45) is 0.297. The van der Waals surface area contributed by atoms with Crippen LogP contribution in [-0.2, 0) is 16.6 Å². The molecule has 0 aliphatic carbocycles. The summed E-state index contributed by atoms with van der Waals surface area (Å²) in [7, 11) is -3.53. The molecule has 0 saturated heterocycles. The molecule has 1 aromatic heterocycles. The summed E-state index contributed by atoms with van der Waals surface area (Å²) in [5.41, 5.74) is 3.65. The van der Waals surface area contributed by atoms with E-state index in [1.165, 1.54) is 10.6 Å². The number of aliphatic hydroxyl groups excluding tert-OH is 1. The van der Waals surface area contributed by atoms with Crippen molar-refractivity contribution >= 4 is 37.5 Å². The zero-order chi connectivity index (χ0) is 20.6. The largest absolute Gasteiger partial charge is 0.389 e. The van der Waals surface area contributed by atoms with Gasteiger partial charge < -0.3 is 9.67 Å². The van der Waals surface area contributed by atoms with Crippen LogP contribution in [0.15, 0.2) is 72.8 Å². The van der Waals surface area contributed by atoms with E-state index in [0.717, 1.165) is 27.4 Å². The SMILES string of the molecule is Cc1ccc(N(C[C@@H](O)Cn2c3ccccc3c3ccccc32)S(C)(=O)=O)cc1. The van der Waals surface area contributed by atoms with Crippen LogP contribution in [0.1, 0.15) is 5.56 Å². The van der Waals surface area contributed by atoms with Gasteiger partial charge in [0.15, 0.2) is 0 Å². The van der Waals surface area contributed by atoms with Gasteiger partial charge in [0.2, 0.25) is 10.0 Å². The molecule has 0 unspecified atom stereocenters. The fourth-order valence-corrected chi connectivity index (χ4v) is 4.75. The first kappa shape index (κ1) is 19.5. The van der Waals surface area contributed by atoms with Crippen molar-refractivity contribution in [2.24, 2.45) is 0 Å². The smallest absolute Gasteiger partial charge is 0.232 e. The molecule has 0 aliphatic heterocycles. The average Bonchev–Trinajstić information content (AvgIpc) is 3.00. The van der Waals surface area contributed by atoms with E-state index < -0.39 is 16.1 Å². The number of fused-ring (bicyclic) bond motifs is 3. The molecule has 1 atom stereocenters. The number of hydrogen-bond donors (Lipinski definition) is 1. The minimum Gasteiger partial charge on any atom is -0.389 e. The van der Waals surface area contributed by atoms with Crippen molar-refractivity contribution in [2.75, 3.05) is 17.1 Å². The summed E-state index contributed by atoms with van der Waals surface area (Å²) in [6.45, 7) is 2.24. The van der Waals surface area contributed by atoms with Gasteiger partial charge in [-0.1, -0.05) is 54.1 Å². The monoisotopic (exact) mass is 408 g/mol. The topological polar surface area (TPSA) is 62.5 Å². The van der Waals surface area contributed by atoms with E-state index in [0.29, 0.717) is 12.2 Å². The molecule has 0 fully saturated rings. The second-order valence-corrected chi connectivity index (χ2v) is 9.34. The van der Waals surface area contributed by atoms with Gasteiger partial charge >= 0.3 is 0 Å². The molecule has 0 amide bonds. The van der Waals surface area contributed by atoms with Gasteiger partial charge in [0.05, 0.1) is 31.1 Å². The van der Waals surface area contributed by atoms with Crippen LogP contribution in [0.2, 0.25) is 0 Å². The highest BCUT2D eigenvalue weighted by Gasteiger charge is 2.22. The fraction of sp³-hybridized carbons (Fsp3) is 0.217. The van der Waals surface area contributed by atoms with Crippen LogP contribution in [0.5, 0.6) is 0 Å². The molecule has 0 aliphatic rings. The number of nitrogens with zero attached hydrogens (tertiary/aromatic N) is 2. The molecule has 0 bridgehead atoms. The first-order chi connectivity index (χ1) is 13.8. The predicted molar refractivity (Wildman–Crippen MR) is 119 cm³/mol. The van der Waals surface area contributed by atoms with Gasteiger partial charge in [-0.05, 0) is 31.2 Å². The van der Waals surface area contributed by atoms with Crippen LogP contribution in [0.4, 0.5) is 5.69 Å². The number of para-hydroxylation sites is 2. The summed E-state index contributed by atoms with van der Waals surface area (Å²) in [4.78, 5) is 0. The van der Waals surface area contributed by atoms with Gasteiger partial charge in [0.25, 0.3) is 0 Å². The van der Waals surface area contributed by atoms with Gasteiger partial charge in [-0.2, -0.15) is 0 Å². The van der Waals surface area contributed by atoms with Crippen LogP contribution in [0.3, 0.4) is 0 Å². The lowest BCUT2D eigenvalue weighted by atomic mass is 10.2. The molecule has 4 rings (SSSR count). The Labute approximate surface area is 170 Å². The molecular weight excluding hydrogens is 384 g/mol. The van der Waals surface area contributed by atoms with Crippen molar-refractivity contribution in [3.63, 3.8) is 0 Å². The minimum atomic E-state index is -3.53. The number of anilines is 1. The lowest BCUT2D eigenvalue weighted by Crippen LogP contribution is -2.38. The Morgan fingerprint density at radius 2 is 1.41 bits per heavy atom. The van der Waals surface area contributed by atoms with Crippen molar-refractivity contribution in [1.29, 1.82) is 0 Å². The molecule has 150 valence electrons. The molecule has 3 aromatic carbocycles. The normalized spacial score (nSPS) is 13.1. The maximum atomic E-state index is 12.4. The summed E-state index contributed by atoms with van der Waals surface area (Å²) >= 11 is 0. The molecule has 1 N–H and O–H groups in total. The molecule has 1 heterocycles. The van der Waals surface area contributed by atoms with Gasteiger partial charge in [0, 0.05) is 21.8 Å². The number of aromatic nitrogens is 1. The average molecular weight is 409 g/mol. The molecule has 4 aromatic rings. The Balaban J connectivity index is 1.68.